The van der Waals surface area contributed by atoms with Crippen LogP contribution in [-0.4, -0.2) is 39.5 Å². The summed E-state index contributed by atoms with van der Waals surface area (Å²) >= 11 is 0. The molecule has 1 fully saturated rings. The lowest BCUT2D eigenvalue weighted by atomic mass is 10.00. The van der Waals surface area contributed by atoms with Gasteiger partial charge in [0, 0.05) is 44.1 Å². The van der Waals surface area contributed by atoms with E-state index in [0.717, 1.165) is 37.5 Å². The average Bonchev–Trinajstić information content (AvgIpc) is 2.76. The summed E-state index contributed by atoms with van der Waals surface area (Å²) in [5, 5.41) is 3.46. The van der Waals surface area contributed by atoms with Crippen LogP contribution in [0.25, 0.3) is 5.65 Å². The summed E-state index contributed by atoms with van der Waals surface area (Å²) in [7, 11) is 0. The molecule has 0 amide bonds. The molecule has 0 aliphatic carbocycles. The van der Waals surface area contributed by atoms with E-state index in [1.807, 2.05) is 0 Å². The molecule has 1 aliphatic rings. The lowest BCUT2D eigenvalue weighted by molar-refractivity contribution is 0.0816. The second-order valence-electron chi connectivity index (χ2n) is 6.07. The van der Waals surface area contributed by atoms with Crippen molar-refractivity contribution < 1.29 is 0 Å². The number of imidazole rings is 1. The molecule has 1 saturated heterocycles. The van der Waals surface area contributed by atoms with Crippen LogP contribution in [0, 0.1) is 6.92 Å². The van der Waals surface area contributed by atoms with Gasteiger partial charge in [0.1, 0.15) is 5.65 Å². The van der Waals surface area contributed by atoms with Crippen LogP contribution in [0.1, 0.15) is 25.1 Å². The van der Waals surface area contributed by atoms with Crippen molar-refractivity contribution in [2.75, 3.05) is 19.6 Å². The Morgan fingerprint density at radius 3 is 3.00 bits per heavy atom. The van der Waals surface area contributed by atoms with Crippen LogP contribution in [0.5, 0.6) is 0 Å². The Morgan fingerprint density at radius 2 is 2.26 bits per heavy atom. The fourth-order valence-electron chi connectivity index (χ4n) is 2.79. The maximum Gasteiger partial charge on any atom is 0.139 e. The van der Waals surface area contributed by atoms with Gasteiger partial charge in [-0.05, 0) is 32.4 Å². The van der Waals surface area contributed by atoms with E-state index in [1.54, 1.807) is 0 Å². The first-order valence-electron chi connectivity index (χ1n) is 6.95. The fourth-order valence-corrected chi connectivity index (χ4v) is 2.79. The molecule has 102 valence electrons. The van der Waals surface area contributed by atoms with Gasteiger partial charge < -0.3 is 9.72 Å². The van der Waals surface area contributed by atoms with Gasteiger partial charge in [-0.25, -0.2) is 4.98 Å². The van der Waals surface area contributed by atoms with E-state index in [2.05, 4.69) is 59.9 Å². The van der Waals surface area contributed by atoms with Crippen LogP contribution < -0.4 is 5.32 Å². The van der Waals surface area contributed by atoms with Crippen molar-refractivity contribution in [2.45, 2.75) is 32.9 Å². The van der Waals surface area contributed by atoms with Gasteiger partial charge >= 0.3 is 0 Å². The Balaban J connectivity index is 1.87. The second kappa shape index (κ2) is 4.62. The van der Waals surface area contributed by atoms with Crippen molar-refractivity contribution in [1.29, 1.82) is 0 Å². The number of pyridine rings is 1. The van der Waals surface area contributed by atoms with Gasteiger partial charge in [0.05, 0.1) is 5.69 Å². The number of hydrogen-bond acceptors (Lipinski definition) is 3. The van der Waals surface area contributed by atoms with Gasteiger partial charge in [-0.3, -0.25) is 4.90 Å². The maximum atomic E-state index is 4.77. The molecule has 0 aromatic carbocycles. The van der Waals surface area contributed by atoms with E-state index < -0.39 is 0 Å². The topological polar surface area (TPSA) is 32.6 Å². The first kappa shape index (κ1) is 12.6. The largest absolute Gasteiger partial charge is 0.314 e. The molecular formula is C15H22N4. The van der Waals surface area contributed by atoms with E-state index in [-0.39, 0.29) is 5.54 Å². The third kappa shape index (κ3) is 2.38. The zero-order valence-electron chi connectivity index (χ0n) is 12.0. The summed E-state index contributed by atoms with van der Waals surface area (Å²) in [6, 6.07) is 4.18. The molecule has 2 aromatic heterocycles. The summed E-state index contributed by atoms with van der Waals surface area (Å²) in [5.41, 5.74) is 3.66. The third-order valence-corrected chi connectivity index (χ3v) is 4.05. The number of fused-ring (bicyclic) bond motifs is 1. The zero-order chi connectivity index (χ0) is 13.5. The Labute approximate surface area is 114 Å². The van der Waals surface area contributed by atoms with Crippen LogP contribution in [0.3, 0.4) is 0 Å². The molecule has 19 heavy (non-hydrogen) atoms. The highest BCUT2D eigenvalue weighted by atomic mass is 15.3. The van der Waals surface area contributed by atoms with Crippen molar-refractivity contribution >= 4 is 5.65 Å². The predicted octanol–water partition coefficient (Wildman–Crippen LogP) is 1.83. The smallest absolute Gasteiger partial charge is 0.139 e. The molecule has 0 saturated carbocycles. The first-order valence-corrected chi connectivity index (χ1v) is 6.95. The van der Waals surface area contributed by atoms with Gasteiger partial charge in [0.2, 0.25) is 0 Å². The maximum absolute atomic E-state index is 4.77. The Bertz CT molecular complexity index is 585. The summed E-state index contributed by atoms with van der Waals surface area (Å²) in [6.07, 6.45) is 4.22. The molecule has 0 radical (unpaired) electrons. The molecule has 4 heteroatoms. The number of hydrogen-bond donors (Lipinski definition) is 1. The van der Waals surface area contributed by atoms with Gasteiger partial charge in [-0.15, -0.1) is 0 Å². The van der Waals surface area contributed by atoms with Gasteiger partial charge in [-0.2, -0.15) is 0 Å². The second-order valence-corrected chi connectivity index (χ2v) is 6.07. The summed E-state index contributed by atoms with van der Waals surface area (Å²) < 4.78 is 2.12. The van der Waals surface area contributed by atoms with Crippen LogP contribution in [0.2, 0.25) is 0 Å². The number of rotatable bonds is 2. The molecule has 2 aromatic rings. The van der Waals surface area contributed by atoms with E-state index in [1.165, 1.54) is 5.56 Å². The van der Waals surface area contributed by atoms with E-state index in [0.29, 0.717) is 0 Å². The average molecular weight is 258 g/mol. The van der Waals surface area contributed by atoms with Crippen molar-refractivity contribution in [3.8, 4) is 0 Å². The first-order chi connectivity index (χ1) is 9.06. The standard InChI is InChI=1S/C15H22N4/c1-12-5-4-7-18-9-13(17-14(12)18)10-19-8-6-16-11-15(19,2)3/h4-5,7,9,16H,6,8,10-11H2,1-3H3. The fraction of sp³-hybridized carbons (Fsp3) is 0.533. The quantitative estimate of drug-likeness (QED) is 0.892. The summed E-state index contributed by atoms with van der Waals surface area (Å²) in [4.78, 5) is 7.29. The molecular weight excluding hydrogens is 236 g/mol. The van der Waals surface area contributed by atoms with Crippen LogP contribution >= 0.6 is 0 Å². The highest BCUT2D eigenvalue weighted by Crippen LogP contribution is 2.20. The molecule has 0 unspecified atom stereocenters. The minimum absolute atomic E-state index is 0.198. The number of nitrogens with zero attached hydrogens (tertiary/aromatic N) is 3. The number of aromatic nitrogens is 2. The molecule has 1 aliphatic heterocycles. The molecule has 4 nitrogen and oxygen atoms in total. The van der Waals surface area contributed by atoms with Crippen LogP contribution in [-0.2, 0) is 6.54 Å². The van der Waals surface area contributed by atoms with Crippen LogP contribution in [0.15, 0.2) is 24.5 Å². The Morgan fingerprint density at radius 1 is 1.42 bits per heavy atom. The molecule has 3 heterocycles. The van der Waals surface area contributed by atoms with Crippen molar-refractivity contribution in [3.63, 3.8) is 0 Å². The van der Waals surface area contributed by atoms with E-state index >= 15 is 0 Å². The van der Waals surface area contributed by atoms with Crippen molar-refractivity contribution in [2.24, 2.45) is 0 Å². The lowest BCUT2D eigenvalue weighted by Crippen LogP contribution is -2.57. The summed E-state index contributed by atoms with van der Waals surface area (Å²) in [6.45, 7) is 10.8. The van der Waals surface area contributed by atoms with Gasteiger partial charge in [0.25, 0.3) is 0 Å². The highest BCUT2D eigenvalue weighted by Gasteiger charge is 2.29. The molecule has 3 rings (SSSR count). The monoisotopic (exact) mass is 258 g/mol. The molecule has 0 spiro atoms. The minimum Gasteiger partial charge on any atom is -0.314 e. The Hall–Kier alpha value is -1.39. The minimum atomic E-state index is 0.198. The van der Waals surface area contributed by atoms with Crippen molar-refractivity contribution in [3.05, 3.63) is 35.8 Å². The van der Waals surface area contributed by atoms with E-state index in [4.69, 9.17) is 4.98 Å². The summed E-state index contributed by atoms with van der Waals surface area (Å²) in [5.74, 6) is 0. The van der Waals surface area contributed by atoms with Crippen LogP contribution in [0.4, 0.5) is 0 Å². The zero-order valence-corrected chi connectivity index (χ0v) is 12.0. The van der Waals surface area contributed by atoms with E-state index in [9.17, 15) is 0 Å². The SMILES string of the molecule is Cc1cccn2cc(CN3CCNCC3(C)C)nc12. The number of nitrogens with one attached hydrogen (secondary N) is 1. The lowest BCUT2D eigenvalue weighted by Gasteiger charge is -2.42. The molecule has 0 atom stereocenters. The highest BCUT2D eigenvalue weighted by molar-refractivity contribution is 5.47. The predicted molar refractivity (Wildman–Crippen MR) is 77.3 cm³/mol. The Kier molecular flexibility index (Phi) is 3.07. The molecule has 0 bridgehead atoms. The van der Waals surface area contributed by atoms with Gasteiger partial charge in [-0.1, -0.05) is 6.07 Å². The number of aryl methyl sites for hydroxylation is 1. The normalized spacial score (nSPS) is 19.9. The van der Waals surface area contributed by atoms with Crippen molar-refractivity contribution in [1.82, 2.24) is 19.6 Å². The third-order valence-electron chi connectivity index (χ3n) is 4.05. The van der Waals surface area contributed by atoms with Gasteiger partial charge in [0.15, 0.2) is 0 Å². The number of piperazine rings is 1. The molecule has 1 N–H and O–H groups in total.